The van der Waals surface area contributed by atoms with Crippen LogP contribution < -0.4 is 5.43 Å². The summed E-state index contributed by atoms with van der Waals surface area (Å²) >= 11 is 13.8. The molecule has 21 heavy (non-hydrogen) atoms. The average molecular weight is 337 g/mol. The van der Waals surface area contributed by atoms with Gasteiger partial charge in [0.25, 0.3) is 0 Å². The Balaban J connectivity index is 1.86. The fourth-order valence-electron chi connectivity index (χ4n) is 2.13. The van der Waals surface area contributed by atoms with Gasteiger partial charge in [0.15, 0.2) is 0 Å². The minimum Gasteiger partial charge on any atom is -0.288 e. The molecular formula is C16H14Cl2N2S. The molecule has 3 rings (SSSR count). The Hall–Kier alpha value is -1.16. The maximum absolute atomic E-state index is 6.12. The van der Waals surface area contributed by atoms with Gasteiger partial charge in [0.05, 0.1) is 10.0 Å². The van der Waals surface area contributed by atoms with Crippen molar-refractivity contribution < 1.29 is 0 Å². The van der Waals surface area contributed by atoms with Gasteiger partial charge in [-0.05, 0) is 31.5 Å². The smallest absolute Gasteiger partial charge is 0.128 e. The minimum absolute atomic E-state index is 0.339. The van der Waals surface area contributed by atoms with Gasteiger partial charge in [-0.15, -0.1) is 0 Å². The molecule has 1 atom stereocenters. The van der Waals surface area contributed by atoms with Crippen LogP contribution in [0, 0.1) is 6.92 Å². The second-order valence-electron chi connectivity index (χ2n) is 5.16. The van der Waals surface area contributed by atoms with E-state index >= 15 is 0 Å². The lowest BCUT2D eigenvalue weighted by atomic mass is 10.1. The van der Waals surface area contributed by atoms with Gasteiger partial charge in [-0.1, -0.05) is 70.9 Å². The van der Waals surface area contributed by atoms with E-state index in [0.29, 0.717) is 10.0 Å². The maximum atomic E-state index is 6.12. The molecule has 2 aromatic carbocycles. The quantitative estimate of drug-likeness (QED) is 0.817. The van der Waals surface area contributed by atoms with E-state index in [0.717, 1.165) is 16.2 Å². The Morgan fingerprint density at radius 1 is 1.05 bits per heavy atom. The van der Waals surface area contributed by atoms with Crippen molar-refractivity contribution >= 4 is 40.0 Å². The standard InChI is InChI=1S/C16H14Cl2N2S/c1-10-3-5-11(6-4-10)15-19-20-16(2,21-15)12-7-8-13(17)14(18)9-12/h3-9,20H,1-2H3. The summed E-state index contributed by atoms with van der Waals surface area (Å²) in [5.74, 6) is 0. The summed E-state index contributed by atoms with van der Waals surface area (Å²) in [5, 5.41) is 6.57. The van der Waals surface area contributed by atoms with Gasteiger partial charge in [0, 0.05) is 5.56 Å². The summed E-state index contributed by atoms with van der Waals surface area (Å²) in [5.41, 5.74) is 6.61. The van der Waals surface area contributed by atoms with Gasteiger partial charge in [0.2, 0.25) is 0 Å². The first-order valence-electron chi connectivity index (χ1n) is 6.54. The number of hydrazone groups is 1. The predicted molar refractivity (Wildman–Crippen MR) is 92.3 cm³/mol. The number of nitrogens with one attached hydrogen (secondary N) is 1. The van der Waals surface area contributed by atoms with Crippen LogP contribution in [0.4, 0.5) is 0 Å². The summed E-state index contributed by atoms with van der Waals surface area (Å²) in [6, 6.07) is 14.0. The topological polar surface area (TPSA) is 24.4 Å². The highest BCUT2D eigenvalue weighted by atomic mass is 35.5. The molecule has 0 amide bonds. The lowest BCUT2D eigenvalue weighted by Gasteiger charge is -2.23. The second-order valence-corrected chi connectivity index (χ2v) is 7.38. The van der Waals surface area contributed by atoms with Crippen molar-refractivity contribution in [1.82, 2.24) is 5.43 Å². The van der Waals surface area contributed by atoms with E-state index < -0.39 is 0 Å². The first-order valence-corrected chi connectivity index (χ1v) is 8.12. The van der Waals surface area contributed by atoms with Gasteiger partial charge in [0.1, 0.15) is 9.91 Å². The zero-order valence-corrected chi connectivity index (χ0v) is 14.0. The molecule has 0 aliphatic carbocycles. The lowest BCUT2D eigenvalue weighted by molar-refractivity contribution is 0.563. The zero-order chi connectivity index (χ0) is 15.0. The summed E-state index contributed by atoms with van der Waals surface area (Å²) in [4.78, 5) is -0.339. The number of benzene rings is 2. The maximum Gasteiger partial charge on any atom is 0.128 e. The first-order chi connectivity index (χ1) is 9.98. The SMILES string of the molecule is Cc1ccc(C2=NNC(C)(c3ccc(Cl)c(Cl)c3)S2)cc1. The first kappa shape index (κ1) is 14.8. The van der Waals surface area contributed by atoms with E-state index in [1.165, 1.54) is 5.56 Å². The molecule has 0 fully saturated rings. The molecule has 0 spiro atoms. The second kappa shape index (κ2) is 5.56. The molecule has 108 valence electrons. The van der Waals surface area contributed by atoms with Crippen molar-refractivity contribution in [2.24, 2.45) is 5.10 Å². The summed E-state index contributed by atoms with van der Waals surface area (Å²) < 4.78 is 0. The molecule has 5 heteroatoms. The van der Waals surface area contributed by atoms with Gasteiger partial charge in [-0.2, -0.15) is 5.10 Å². The van der Waals surface area contributed by atoms with Gasteiger partial charge in [-0.3, -0.25) is 5.43 Å². The molecule has 1 aliphatic heterocycles. The number of hydrogen-bond donors (Lipinski definition) is 1. The summed E-state index contributed by atoms with van der Waals surface area (Å²) in [6.45, 7) is 4.16. The molecule has 1 unspecified atom stereocenters. The molecule has 1 aliphatic rings. The minimum atomic E-state index is -0.339. The molecular weight excluding hydrogens is 323 g/mol. The Labute approximate surface area is 138 Å². The predicted octanol–water partition coefficient (Wildman–Crippen LogP) is 5.17. The molecule has 0 saturated carbocycles. The van der Waals surface area contributed by atoms with Crippen molar-refractivity contribution in [1.29, 1.82) is 0 Å². The van der Waals surface area contributed by atoms with E-state index in [1.807, 2.05) is 18.2 Å². The molecule has 0 radical (unpaired) electrons. The molecule has 0 bridgehead atoms. The highest BCUT2D eigenvalue weighted by molar-refractivity contribution is 8.15. The Kier molecular flexibility index (Phi) is 3.91. The molecule has 2 aromatic rings. The van der Waals surface area contributed by atoms with Crippen LogP contribution in [0.2, 0.25) is 10.0 Å². The summed E-state index contributed by atoms with van der Waals surface area (Å²) in [7, 11) is 0. The Morgan fingerprint density at radius 2 is 1.76 bits per heavy atom. The number of rotatable bonds is 2. The van der Waals surface area contributed by atoms with E-state index in [4.69, 9.17) is 23.2 Å². The third-order valence-corrected chi connectivity index (χ3v) is 5.44. The van der Waals surface area contributed by atoms with E-state index in [9.17, 15) is 0 Å². The highest BCUT2D eigenvalue weighted by Gasteiger charge is 2.34. The van der Waals surface area contributed by atoms with Gasteiger partial charge in [-0.25, -0.2) is 0 Å². The van der Waals surface area contributed by atoms with Crippen molar-refractivity contribution in [3.05, 3.63) is 69.2 Å². The summed E-state index contributed by atoms with van der Waals surface area (Å²) in [6.07, 6.45) is 0. The van der Waals surface area contributed by atoms with Crippen LogP contribution in [0.1, 0.15) is 23.6 Å². The number of halogens is 2. The fraction of sp³-hybridized carbons (Fsp3) is 0.188. The van der Waals surface area contributed by atoms with E-state index in [1.54, 1.807) is 11.8 Å². The average Bonchev–Trinajstić information content (AvgIpc) is 2.86. The normalized spacial score (nSPS) is 21.0. The molecule has 1 heterocycles. The number of thioether (sulfide) groups is 1. The van der Waals surface area contributed by atoms with Crippen LogP contribution in [0.25, 0.3) is 0 Å². The molecule has 2 nitrogen and oxygen atoms in total. The van der Waals surface area contributed by atoms with Gasteiger partial charge >= 0.3 is 0 Å². The molecule has 1 N–H and O–H groups in total. The van der Waals surface area contributed by atoms with Crippen molar-refractivity contribution in [2.75, 3.05) is 0 Å². The van der Waals surface area contributed by atoms with E-state index in [-0.39, 0.29) is 4.87 Å². The number of nitrogens with zero attached hydrogens (tertiary/aromatic N) is 1. The largest absolute Gasteiger partial charge is 0.288 e. The third-order valence-electron chi connectivity index (χ3n) is 3.44. The van der Waals surface area contributed by atoms with Crippen molar-refractivity contribution in [3.63, 3.8) is 0 Å². The van der Waals surface area contributed by atoms with Crippen LogP contribution in [0.3, 0.4) is 0 Å². The number of hydrogen-bond acceptors (Lipinski definition) is 3. The van der Waals surface area contributed by atoms with E-state index in [2.05, 4.69) is 48.6 Å². The highest BCUT2D eigenvalue weighted by Crippen LogP contribution is 2.41. The zero-order valence-electron chi connectivity index (χ0n) is 11.7. The van der Waals surface area contributed by atoms with Crippen LogP contribution >= 0.6 is 35.0 Å². The lowest BCUT2D eigenvalue weighted by Crippen LogP contribution is -2.28. The molecule has 0 saturated heterocycles. The van der Waals surface area contributed by atoms with Crippen LogP contribution in [0.5, 0.6) is 0 Å². The third kappa shape index (κ3) is 2.91. The van der Waals surface area contributed by atoms with Crippen LogP contribution in [-0.2, 0) is 4.87 Å². The van der Waals surface area contributed by atoms with Crippen molar-refractivity contribution in [2.45, 2.75) is 18.7 Å². The Morgan fingerprint density at radius 3 is 2.43 bits per heavy atom. The van der Waals surface area contributed by atoms with Gasteiger partial charge < -0.3 is 0 Å². The van der Waals surface area contributed by atoms with Crippen LogP contribution in [-0.4, -0.2) is 5.04 Å². The fourth-order valence-corrected chi connectivity index (χ4v) is 3.50. The van der Waals surface area contributed by atoms with Crippen LogP contribution in [0.15, 0.2) is 47.6 Å². The molecule has 0 aromatic heterocycles. The number of aryl methyl sites for hydroxylation is 1. The Bertz CT molecular complexity index is 713. The van der Waals surface area contributed by atoms with Crippen molar-refractivity contribution in [3.8, 4) is 0 Å². The monoisotopic (exact) mass is 336 g/mol.